The minimum absolute atomic E-state index is 0.00956. The molecule has 0 fully saturated rings. The van der Waals surface area contributed by atoms with Crippen molar-refractivity contribution in [2.75, 3.05) is 26.4 Å². The van der Waals surface area contributed by atoms with E-state index in [0.29, 0.717) is 55.6 Å². The standard InChI is InChI=1S/C31H37NO7/c1-3-4-15-37-16-5-7-29(34)22-9-11-24-25-12-10-23(30(35)8-6-17-38-21(2)13-14-33)19-27(25)28(26(24)18-22)20-39-31(32)36/h9-12,14,18-19,28H,2-8,13,15-17,20H2,1H3,(H2,32,36)/i/hD. The number of rotatable bonds is 18. The molecule has 3 rings (SSSR count). The molecule has 1 atom stereocenters. The lowest BCUT2D eigenvalue weighted by atomic mass is 9.93. The molecule has 8 nitrogen and oxygen atoms in total. The fourth-order valence-corrected chi connectivity index (χ4v) is 4.62. The summed E-state index contributed by atoms with van der Waals surface area (Å²) in [5, 5.41) is 0. The summed E-state index contributed by atoms with van der Waals surface area (Å²) in [6, 6.07) is 11.0. The van der Waals surface area contributed by atoms with Crippen LogP contribution in [0.1, 0.15) is 89.6 Å². The van der Waals surface area contributed by atoms with E-state index in [1.54, 1.807) is 17.9 Å². The topological polar surface area (TPSA) is 122 Å². The van der Waals surface area contributed by atoms with Crippen LogP contribution in [0.15, 0.2) is 48.7 Å². The van der Waals surface area contributed by atoms with E-state index in [4.69, 9.17) is 15.6 Å². The summed E-state index contributed by atoms with van der Waals surface area (Å²) in [6.07, 6.45) is 3.76. The smallest absolute Gasteiger partial charge is 0.404 e. The first kappa shape index (κ1) is 28.2. The molecule has 2 aromatic carbocycles. The Kier molecular flexibility index (Phi) is 10.8. The minimum Gasteiger partial charge on any atom is -0.498 e. The van der Waals surface area contributed by atoms with Crippen molar-refractivity contribution < 1.29 is 34.8 Å². The van der Waals surface area contributed by atoms with Gasteiger partial charge >= 0.3 is 6.09 Å². The largest absolute Gasteiger partial charge is 0.498 e. The van der Waals surface area contributed by atoms with Gasteiger partial charge in [0.15, 0.2) is 13.0 Å². The van der Waals surface area contributed by atoms with Crippen LogP contribution < -0.4 is 5.73 Å². The number of fused-ring (bicyclic) bond motifs is 3. The molecule has 0 heterocycles. The van der Waals surface area contributed by atoms with E-state index in [-0.39, 0.29) is 37.6 Å². The molecule has 1 unspecified atom stereocenters. The number of carbonyl (C=O) groups excluding carboxylic acids is 4. The average Bonchev–Trinajstić information content (AvgIpc) is 3.27. The number of hydrogen-bond acceptors (Lipinski definition) is 7. The Morgan fingerprint density at radius 3 is 2.08 bits per heavy atom. The van der Waals surface area contributed by atoms with Gasteiger partial charge in [0.25, 0.3) is 0 Å². The van der Waals surface area contributed by atoms with Crippen LogP contribution >= 0.6 is 0 Å². The molecule has 1 aliphatic carbocycles. The highest BCUT2D eigenvalue weighted by Crippen LogP contribution is 2.46. The van der Waals surface area contributed by atoms with E-state index >= 15 is 0 Å². The van der Waals surface area contributed by atoms with E-state index in [2.05, 4.69) is 13.5 Å². The first-order valence-electron chi connectivity index (χ1n) is 13.9. The number of ketones is 2. The molecule has 39 heavy (non-hydrogen) atoms. The molecule has 0 bridgehead atoms. The Labute approximate surface area is 231 Å². The first-order valence-corrected chi connectivity index (χ1v) is 13.4. The Balaban J connectivity index is 1.74. The summed E-state index contributed by atoms with van der Waals surface area (Å²) in [5.74, 6) is -0.0788. The van der Waals surface area contributed by atoms with Gasteiger partial charge in [-0.15, -0.1) is 0 Å². The van der Waals surface area contributed by atoms with Crippen LogP contribution in [0.25, 0.3) is 11.1 Å². The van der Waals surface area contributed by atoms with Gasteiger partial charge in [0, 0.05) is 43.1 Å². The van der Waals surface area contributed by atoms with Gasteiger partial charge in [0.1, 0.15) is 12.9 Å². The van der Waals surface area contributed by atoms with Gasteiger partial charge in [-0.2, -0.15) is 0 Å². The molecular formula is C31H37NO7. The van der Waals surface area contributed by atoms with E-state index in [9.17, 15) is 19.2 Å². The molecule has 0 saturated carbocycles. The molecular weight excluding hydrogens is 498 g/mol. The zero-order valence-electron chi connectivity index (χ0n) is 23.5. The first-order chi connectivity index (χ1) is 19.4. The van der Waals surface area contributed by atoms with Crippen LogP contribution in [0.3, 0.4) is 0 Å². The fourth-order valence-electron chi connectivity index (χ4n) is 4.62. The number of nitrogens with two attached hydrogens (primary N) is 1. The number of unbranched alkanes of at least 4 members (excludes halogenated alkanes) is 1. The molecule has 0 aromatic heterocycles. The summed E-state index contributed by atoms with van der Waals surface area (Å²) >= 11 is 0. The van der Waals surface area contributed by atoms with Crippen molar-refractivity contribution in [2.45, 2.75) is 57.8 Å². The predicted octanol–water partition coefficient (Wildman–Crippen LogP) is 5.76. The Morgan fingerprint density at radius 2 is 1.51 bits per heavy atom. The monoisotopic (exact) mass is 536 g/mol. The zero-order valence-corrected chi connectivity index (χ0v) is 22.5. The van der Waals surface area contributed by atoms with Gasteiger partial charge in [-0.05, 0) is 53.6 Å². The molecule has 0 saturated heterocycles. The van der Waals surface area contributed by atoms with E-state index in [1.165, 1.54) is 0 Å². The summed E-state index contributed by atoms with van der Waals surface area (Å²) < 4.78 is 23.2. The van der Waals surface area contributed by atoms with Crippen molar-refractivity contribution >= 4 is 23.9 Å². The molecule has 2 N–H and O–H groups in total. The normalized spacial score (nSPS) is 13.6. The highest BCUT2D eigenvalue weighted by molar-refractivity contribution is 5.99. The number of carbonyl (C=O) groups is 4. The van der Waals surface area contributed by atoms with Crippen molar-refractivity contribution in [1.82, 2.24) is 0 Å². The molecule has 208 valence electrons. The molecule has 0 spiro atoms. The van der Waals surface area contributed by atoms with Crippen LogP contribution in [-0.2, 0) is 19.0 Å². The third-order valence-corrected chi connectivity index (χ3v) is 6.67. The number of allylic oxidation sites excluding steroid dienone is 1. The number of aldehydes is 1. The molecule has 2 aromatic rings. The fraction of sp³-hybridized carbons (Fsp3) is 0.419. The molecule has 0 radical (unpaired) electrons. The summed E-state index contributed by atoms with van der Waals surface area (Å²) in [7, 11) is 0. The molecule has 1 amide bonds. The van der Waals surface area contributed by atoms with E-state index < -0.39 is 12.0 Å². The molecule has 8 heteroatoms. The van der Waals surface area contributed by atoms with Crippen LogP contribution in [0.4, 0.5) is 4.79 Å². The minimum atomic E-state index is -0.881. The maximum atomic E-state index is 12.9. The summed E-state index contributed by atoms with van der Waals surface area (Å²) in [5.41, 5.74) is 6.28. The molecule has 0 aliphatic heterocycles. The quantitative estimate of drug-likeness (QED) is 0.111. The zero-order chi connectivity index (χ0) is 28.9. The van der Waals surface area contributed by atoms with E-state index in [0.717, 1.165) is 35.1 Å². The van der Waals surface area contributed by atoms with E-state index in [1.807, 2.05) is 24.3 Å². The second kappa shape index (κ2) is 15.0. The number of benzene rings is 2. The van der Waals surface area contributed by atoms with Crippen molar-refractivity contribution in [3.05, 3.63) is 71.0 Å². The number of ether oxygens (including phenoxy) is 3. The lowest BCUT2D eigenvalue weighted by molar-refractivity contribution is -0.107. The van der Waals surface area contributed by atoms with Crippen LogP contribution in [-0.4, -0.2) is 50.4 Å². The Morgan fingerprint density at radius 1 is 0.923 bits per heavy atom. The lowest BCUT2D eigenvalue weighted by Gasteiger charge is -2.14. The number of amides is 1. The van der Waals surface area contributed by atoms with Crippen LogP contribution in [0, 0.1) is 0 Å². The number of hydrogen-bond donors (Lipinski definition) is 1. The number of primary amides is 1. The second-order valence-electron chi connectivity index (χ2n) is 9.53. The van der Waals surface area contributed by atoms with Gasteiger partial charge in [-0.1, -0.05) is 44.2 Å². The Bertz CT molecular complexity index is 1230. The van der Waals surface area contributed by atoms with Crippen LogP contribution in [0.2, 0.25) is 1.41 Å². The van der Waals surface area contributed by atoms with Gasteiger partial charge in [0.05, 0.1) is 18.8 Å². The highest BCUT2D eigenvalue weighted by atomic mass is 16.5. The van der Waals surface area contributed by atoms with Crippen molar-refractivity contribution in [3.63, 3.8) is 0 Å². The molecule has 1 aliphatic rings. The summed E-state index contributed by atoms with van der Waals surface area (Å²) in [6.45, 7) is 7.23. The van der Waals surface area contributed by atoms with Crippen molar-refractivity contribution in [1.29, 1.82) is 0 Å². The van der Waals surface area contributed by atoms with Crippen molar-refractivity contribution in [3.8, 4) is 11.1 Å². The van der Waals surface area contributed by atoms with Gasteiger partial charge in [-0.25, -0.2) is 4.79 Å². The summed E-state index contributed by atoms with van der Waals surface area (Å²) in [4.78, 5) is 48.1. The van der Waals surface area contributed by atoms with Gasteiger partial charge in [-0.3, -0.25) is 9.59 Å². The third kappa shape index (κ3) is 8.35. The SMILES string of the molecule is [2H]NC(=O)OCC1c2cc(C(=O)CCCOCCCC)ccc2-c2ccc(C(=O)CCCOC(=C)CC=O)cc21. The van der Waals surface area contributed by atoms with Crippen molar-refractivity contribution in [2.24, 2.45) is 5.73 Å². The maximum Gasteiger partial charge on any atom is 0.404 e. The second-order valence-corrected chi connectivity index (χ2v) is 9.53. The maximum absolute atomic E-state index is 12.9. The third-order valence-electron chi connectivity index (χ3n) is 6.67. The predicted molar refractivity (Wildman–Crippen MR) is 148 cm³/mol. The van der Waals surface area contributed by atoms with Crippen LogP contribution in [0.5, 0.6) is 0 Å². The number of Topliss-reactive ketones (excluding diaryl/α,β-unsaturated/α-hetero) is 2. The lowest BCUT2D eigenvalue weighted by Crippen LogP contribution is -2.18. The van der Waals surface area contributed by atoms with Gasteiger partial charge in [0.2, 0.25) is 0 Å². The highest BCUT2D eigenvalue weighted by Gasteiger charge is 2.31. The van der Waals surface area contributed by atoms with Gasteiger partial charge < -0.3 is 24.7 Å². The Hall–Kier alpha value is -3.78. The average molecular weight is 537 g/mol.